The molecule has 1 amide bonds. The van der Waals surface area contributed by atoms with E-state index in [2.05, 4.69) is 6.92 Å². The Labute approximate surface area is 143 Å². The van der Waals surface area contributed by atoms with Crippen LogP contribution in [-0.4, -0.2) is 41.7 Å². The Kier molecular flexibility index (Phi) is 3.83. The van der Waals surface area contributed by atoms with E-state index in [0.717, 1.165) is 32.1 Å². The van der Waals surface area contributed by atoms with Crippen LogP contribution < -0.4 is 4.74 Å². The highest BCUT2D eigenvalue weighted by Crippen LogP contribution is 2.47. The summed E-state index contributed by atoms with van der Waals surface area (Å²) in [6.07, 6.45) is 6.25. The lowest BCUT2D eigenvalue weighted by Gasteiger charge is -2.43. The highest BCUT2D eigenvalue weighted by atomic mass is 16.5. The highest BCUT2D eigenvalue weighted by Gasteiger charge is 2.50. The zero-order valence-electron chi connectivity index (χ0n) is 14.7. The Bertz CT molecular complexity index is 667. The molecule has 0 spiro atoms. The number of fused-ring (bicyclic) bond motifs is 1. The predicted molar refractivity (Wildman–Crippen MR) is 92.4 cm³/mol. The molecule has 1 aromatic rings. The van der Waals surface area contributed by atoms with Crippen molar-refractivity contribution in [1.29, 1.82) is 0 Å². The second-order valence-corrected chi connectivity index (χ2v) is 7.84. The summed E-state index contributed by atoms with van der Waals surface area (Å²) >= 11 is 0. The Hall–Kier alpha value is -1.55. The van der Waals surface area contributed by atoms with Gasteiger partial charge in [0.15, 0.2) is 0 Å². The summed E-state index contributed by atoms with van der Waals surface area (Å²) in [7, 11) is 1.64. The molecule has 1 saturated carbocycles. The van der Waals surface area contributed by atoms with Crippen molar-refractivity contribution in [2.45, 2.75) is 51.0 Å². The summed E-state index contributed by atoms with van der Waals surface area (Å²) in [5.74, 6) is 1.31. The molecule has 2 aliphatic carbocycles. The second kappa shape index (κ2) is 5.76. The molecule has 3 aliphatic rings. The molecule has 4 heteroatoms. The number of piperidine rings is 1. The molecule has 1 N–H and O–H groups in total. The molecule has 1 aromatic carbocycles. The number of rotatable bonds is 3. The van der Waals surface area contributed by atoms with E-state index in [-0.39, 0.29) is 11.8 Å². The van der Waals surface area contributed by atoms with Crippen LogP contribution >= 0.6 is 0 Å². The van der Waals surface area contributed by atoms with Gasteiger partial charge in [-0.15, -0.1) is 0 Å². The van der Waals surface area contributed by atoms with Gasteiger partial charge in [0.25, 0.3) is 5.91 Å². The zero-order valence-corrected chi connectivity index (χ0v) is 14.7. The van der Waals surface area contributed by atoms with E-state index < -0.39 is 5.60 Å². The number of hydrogen-bond acceptors (Lipinski definition) is 3. The maximum absolute atomic E-state index is 13.1. The van der Waals surface area contributed by atoms with Crippen molar-refractivity contribution in [3.05, 3.63) is 28.8 Å². The molecule has 1 saturated heterocycles. The summed E-state index contributed by atoms with van der Waals surface area (Å²) < 4.78 is 5.50. The summed E-state index contributed by atoms with van der Waals surface area (Å²) in [6, 6.07) is 4.08. The van der Waals surface area contributed by atoms with E-state index in [1.807, 2.05) is 17.0 Å². The van der Waals surface area contributed by atoms with Gasteiger partial charge in [-0.05, 0) is 67.7 Å². The van der Waals surface area contributed by atoms with Crippen molar-refractivity contribution in [3.8, 4) is 5.75 Å². The molecular formula is C20H27NO3. The molecule has 24 heavy (non-hydrogen) atoms. The van der Waals surface area contributed by atoms with Gasteiger partial charge >= 0.3 is 0 Å². The molecule has 1 aliphatic heterocycles. The van der Waals surface area contributed by atoms with Crippen LogP contribution in [0.3, 0.4) is 0 Å². The first-order valence-electron chi connectivity index (χ1n) is 9.24. The van der Waals surface area contributed by atoms with Crippen molar-refractivity contribution in [3.63, 3.8) is 0 Å². The van der Waals surface area contributed by atoms with E-state index in [9.17, 15) is 9.90 Å². The van der Waals surface area contributed by atoms with Crippen molar-refractivity contribution < 1.29 is 14.6 Å². The van der Waals surface area contributed by atoms with Crippen LogP contribution in [0.1, 0.15) is 54.1 Å². The minimum absolute atomic E-state index is 0.0475. The molecular weight excluding hydrogens is 302 g/mol. The first kappa shape index (κ1) is 15.9. The lowest BCUT2D eigenvalue weighted by atomic mass is 9.78. The number of aryl methyl sites for hydroxylation is 2. The van der Waals surface area contributed by atoms with E-state index >= 15 is 0 Å². The van der Waals surface area contributed by atoms with Gasteiger partial charge in [-0.25, -0.2) is 0 Å². The maximum Gasteiger partial charge on any atom is 0.257 e. The SMILES string of the molecule is COc1cc2c(cc1C(=O)N1CC[C@@](O)(C3CC3)[C@H](C)C1)CCC2. The average molecular weight is 329 g/mol. The van der Waals surface area contributed by atoms with Gasteiger partial charge in [0, 0.05) is 19.0 Å². The zero-order chi connectivity index (χ0) is 16.9. The van der Waals surface area contributed by atoms with Crippen molar-refractivity contribution in [2.75, 3.05) is 20.2 Å². The second-order valence-electron chi connectivity index (χ2n) is 7.84. The van der Waals surface area contributed by atoms with Crippen LogP contribution in [0.4, 0.5) is 0 Å². The Morgan fingerprint density at radius 1 is 1.29 bits per heavy atom. The van der Waals surface area contributed by atoms with Crippen LogP contribution in [0, 0.1) is 11.8 Å². The molecule has 130 valence electrons. The monoisotopic (exact) mass is 329 g/mol. The third-order valence-electron chi connectivity index (χ3n) is 6.35. The molecule has 4 nitrogen and oxygen atoms in total. The van der Waals surface area contributed by atoms with Crippen molar-refractivity contribution in [2.24, 2.45) is 11.8 Å². The Morgan fingerprint density at radius 3 is 2.62 bits per heavy atom. The number of hydrogen-bond donors (Lipinski definition) is 1. The lowest BCUT2D eigenvalue weighted by Crippen LogP contribution is -2.53. The van der Waals surface area contributed by atoms with Gasteiger partial charge in [-0.1, -0.05) is 6.92 Å². The normalized spacial score (nSPS) is 29.5. The largest absolute Gasteiger partial charge is 0.496 e. The standard InChI is InChI=1S/C20H27NO3/c1-13-12-21(9-8-20(13,23)16-6-7-16)19(22)17-10-14-4-3-5-15(14)11-18(17)24-2/h10-11,13,16,23H,3-9,12H2,1-2H3/t13-,20+/m1/s1. The number of benzene rings is 1. The molecule has 2 atom stereocenters. The fourth-order valence-electron chi connectivity index (χ4n) is 4.62. The van der Waals surface area contributed by atoms with Crippen LogP contribution in [0.25, 0.3) is 0 Å². The number of amides is 1. The van der Waals surface area contributed by atoms with E-state index in [4.69, 9.17) is 4.74 Å². The van der Waals surface area contributed by atoms with Gasteiger partial charge in [-0.2, -0.15) is 0 Å². The van der Waals surface area contributed by atoms with Gasteiger partial charge in [0.2, 0.25) is 0 Å². The molecule has 0 unspecified atom stereocenters. The molecule has 2 fully saturated rings. The number of methoxy groups -OCH3 is 1. The number of likely N-dealkylation sites (tertiary alicyclic amines) is 1. The molecule has 1 heterocycles. The number of ether oxygens (including phenoxy) is 1. The summed E-state index contributed by atoms with van der Waals surface area (Å²) in [4.78, 5) is 15.0. The van der Waals surface area contributed by atoms with E-state index in [0.29, 0.717) is 36.7 Å². The number of aliphatic hydroxyl groups is 1. The quantitative estimate of drug-likeness (QED) is 0.928. The highest BCUT2D eigenvalue weighted by molar-refractivity contribution is 5.97. The first-order valence-corrected chi connectivity index (χ1v) is 9.24. The van der Waals surface area contributed by atoms with Gasteiger partial charge in [0.1, 0.15) is 5.75 Å². The van der Waals surface area contributed by atoms with Crippen molar-refractivity contribution >= 4 is 5.91 Å². The van der Waals surface area contributed by atoms with Gasteiger partial charge < -0.3 is 14.7 Å². The third-order valence-corrected chi connectivity index (χ3v) is 6.35. The average Bonchev–Trinajstić information content (AvgIpc) is 3.35. The van der Waals surface area contributed by atoms with Crippen LogP contribution in [0.5, 0.6) is 5.75 Å². The van der Waals surface area contributed by atoms with Crippen LogP contribution in [0.2, 0.25) is 0 Å². The van der Waals surface area contributed by atoms with Crippen LogP contribution in [-0.2, 0) is 12.8 Å². The third kappa shape index (κ3) is 2.52. The topological polar surface area (TPSA) is 49.8 Å². The van der Waals surface area contributed by atoms with Crippen molar-refractivity contribution in [1.82, 2.24) is 4.90 Å². The summed E-state index contributed by atoms with van der Waals surface area (Å²) in [5.41, 5.74) is 2.72. The van der Waals surface area contributed by atoms with Gasteiger partial charge in [-0.3, -0.25) is 4.79 Å². The molecule has 0 aromatic heterocycles. The van der Waals surface area contributed by atoms with Gasteiger partial charge in [0.05, 0.1) is 18.3 Å². The molecule has 0 bridgehead atoms. The number of nitrogens with zero attached hydrogens (tertiary/aromatic N) is 1. The Balaban J connectivity index is 1.56. The summed E-state index contributed by atoms with van der Waals surface area (Å²) in [6.45, 7) is 3.35. The van der Waals surface area contributed by atoms with E-state index in [1.165, 1.54) is 11.1 Å². The predicted octanol–water partition coefficient (Wildman–Crippen LogP) is 2.81. The number of carbonyl (C=O) groups excluding carboxylic acids is 1. The minimum atomic E-state index is -0.571. The lowest BCUT2D eigenvalue weighted by molar-refractivity contribution is -0.0752. The van der Waals surface area contributed by atoms with E-state index in [1.54, 1.807) is 7.11 Å². The Morgan fingerprint density at radius 2 is 2.00 bits per heavy atom. The molecule has 0 radical (unpaired) electrons. The smallest absolute Gasteiger partial charge is 0.257 e. The fraction of sp³-hybridized carbons (Fsp3) is 0.650. The first-order chi connectivity index (χ1) is 11.5. The summed E-state index contributed by atoms with van der Waals surface area (Å²) in [5, 5.41) is 10.9. The minimum Gasteiger partial charge on any atom is -0.496 e. The van der Waals surface area contributed by atoms with Crippen LogP contribution in [0.15, 0.2) is 12.1 Å². The maximum atomic E-state index is 13.1. The fourth-order valence-corrected chi connectivity index (χ4v) is 4.62. The number of carbonyl (C=O) groups is 1. The molecule has 4 rings (SSSR count).